The summed E-state index contributed by atoms with van der Waals surface area (Å²) < 4.78 is 24.5. The highest BCUT2D eigenvalue weighted by atomic mass is 16.7. The van der Waals surface area contributed by atoms with Crippen LogP contribution in [-0.4, -0.2) is 50.5 Å². The van der Waals surface area contributed by atoms with Crippen LogP contribution in [0.1, 0.15) is 38.5 Å². The highest BCUT2D eigenvalue weighted by Crippen LogP contribution is 2.33. The van der Waals surface area contributed by atoms with Crippen molar-refractivity contribution in [3.05, 3.63) is 46.5 Å². The van der Waals surface area contributed by atoms with Crippen LogP contribution in [0.25, 0.3) is 11.2 Å². The normalized spacial score (nSPS) is 19.8. The summed E-state index contributed by atoms with van der Waals surface area (Å²) in [6.45, 7) is 3.10. The second kappa shape index (κ2) is 9.51. The van der Waals surface area contributed by atoms with Gasteiger partial charge in [-0.15, -0.1) is 0 Å². The monoisotopic (exact) mass is 471 g/mol. The third-order valence-electron chi connectivity index (χ3n) is 5.38. The van der Waals surface area contributed by atoms with Gasteiger partial charge in [0.1, 0.15) is 11.3 Å². The number of benzene rings is 1. The third-order valence-corrected chi connectivity index (χ3v) is 5.38. The second-order valence-electron chi connectivity index (χ2n) is 7.71. The van der Waals surface area contributed by atoms with E-state index in [1.807, 2.05) is 12.1 Å². The molecule has 2 aromatic heterocycles. The van der Waals surface area contributed by atoms with Crippen LogP contribution in [0.3, 0.4) is 0 Å². The Morgan fingerprint density at radius 1 is 1.24 bits per heavy atom. The lowest BCUT2D eigenvalue weighted by Crippen LogP contribution is -2.34. The molecule has 12 nitrogen and oxygen atoms in total. The summed E-state index contributed by atoms with van der Waals surface area (Å²) in [6.07, 6.45) is -1.31. The fourth-order valence-electron chi connectivity index (χ4n) is 3.82. The summed E-state index contributed by atoms with van der Waals surface area (Å²) in [5.74, 6) is -0.400. The first-order valence-electron chi connectivity index (χ1n) is 10.7. The molecule has 3 aromatic rings. The molecule has 0 bridgehead atoms. The van der Waals surface area contributed by atoms with Gasteiger partial charge in [0.2, 0.25) is 12.2 Å². The van der Waals surface area contributed by atoms with Crippen molar-refractivity contribution in [2.45, 2.75) is 51.9 Å². The zero-order valence-electron chi connectivity index (χ0n) is 19.0. The maximum atomic E-state index is 13.6. The van der Waals surface area contributed by atoms with Crippen LogP contribution in [-0.2, 0) is 30.3 Å². The Hall–Kier alpha value is -3.93. The molecular weight excluding hydrogens is 446 g/mol. The second-order valence-corrected chi connectivity index (χ2v) is 7.71. The summed E-state index contributed by atoms with van der Waals surface area (Å²) in [5.41, 5.74) is 6.78. The minimum Gasteiger partial charge on any atom is -0.497 e. The van der Waals surface area contributed by atoms with E-state index in [0.29, 0.717) is 11.3 Å². The number of imidazole rings is 1. The zero-order chi connectivity index (χ0) is 24.4. The van der Waals surface area contributed by atoms with E-state index in [1.54, 1.807) is 26.2 Å². The minimum absolute atomic E-state index is 0.0427. The zero-order valence-corrected chi connectivity index (χ0v) is 19.0. The molecule has 0 unspecified atom stereocenters. The predicted octanol–water partition coefficient (Wildman–Crippen LogP) is 1.36. The summed E-state index contributed by atoms with van der Waals surface area (Å²) >= 11 is 0. The number of carbonyl (C=O) groups is 2. The fourth-order valence-corrected chi connectivity index (χ4v) is 3.82. The summed E-state index contributed by atoms with van der Waals surface area (Å²) in [7, 11) is 1.57. The number of carbonyl (C=O) groups excluding carboxylic acids is 2. The van der Waals surface area contributed by atoms with E-state index in [9.17, 15) is 14.4 Å². The molecule has 12 heteroatoms. The molecule has 1 fully saturated rings. The van der Waals surface area contributed by atoms with Crippen LogP contribution in [0.2, 0.25) is 0 Å². The summed E-state index contributed by atoms with van der Waals surface area (Å²) in [4.78, 5) is 45.4. The Morgan fingerprint density at radius 3 is 2.62 bits per heavy atom. The highest BCUT2D eigenvalue weighted by molar-refractivity contribution is 5.72. The largest absolute Gasteiger partial charge is 0.497 e. The number of nitrogens with two attached hydrogens (primary N) is 1. The first-order valence-corrected chi connectivity index (χ1v) is 10.7. The number of ether oxygens (including phenoxy) is 4. The van der Waals surface area contributed by atoms with Crippen molar-refractivity contribution in [1.82, 2.24) is 19.1 Å². The first-order chi connectivity index (χ1) is 16.3. The Morgan fingerprint density at radius 2 is 1.97 bits per heavy atom. The van der Waals surface area contributed by atoms with Gasteiger partial charge in [-0.05, 0) is 17.7 Å². The number of hydrogen-bond donors (Lipinski definition) is 1. The van der Waals surface area contributed by atoms with Crippen molar-refractivity contribution in [3.8, 4) is 5.75 Å². The standard InChI is InChI=1S/C22H25N5O7/c1-4-17(29)33-18-9-16(32-12(2)28)20(34-18)27-19-15(10-24-21(23)25-19)26(22(27)30)11-13-5-7-14(31-3)8-6-13/h5-8,10,16,18,20H,4,9,11H2,1-3H3,(H2,23,24,25)/t16-,18-,20-/m1/s1. The van der Waals surface area contributed by atoms with Gasteiger partial charge in [-0.1, -0.05) is 19.1 Å². The SMILES string of the molecule is CCC(=O)O[C@H]1C[C@@H](OC(C)=O)[C@H](n2c(=O)n(Cc3ccc(OC)cc3)c3cnc(N)nc32)O1. The van der Waals surface area contributed by atoms with Gasteiger partial charge in [0.25, 0.3) is 0 Å². The number of esters is 2. The van der Waals surface area contributed by atoms with E-state index < -0.39 is 36.3 Å². The molecule has 0 radical (unpaired) electrons. The smallest absolute Gasteiger partial charge is 0.332 e. The lowest BCUT2D eigenvalue weighted by molar-refractivity contribution is -0.183. The Bertz CT molecular complexity index is 1270. The predicted molar refractivity (Wildman–Crippen MR) is 119 cm³/mol. The first kappa shape index (κ1) is 23.2. The number of hydrogen-bond acceptors (Lipinski definition) is 10. The van der Waals surface area contributed by atoms with Crippen LogP contribution >= 0.6 is 0 Å². The Balaban J connectivity index is 1.78. The Kier molecular flexibility index (Phi) is 6.50. The van der Waals surface area contributed by atoms with Gasteiger partial charge in [0.05, 0.1) is 26.3 Å². The van der Waals surface area contributed by atoms with Gasteiger partial charge in [-0.2, -0.15) is 4.98 Å². The van der Waals surface area contributed by atoms with Gasteiger partial charge >= 0.3 is 17.6 Å². The highest BCUT2D eigenvalue weighted by Gasteiger charge is 2.43. The summed E-state index contributed by atoms with van der Waals surface area (Å²) in [5, 5.41) is 0. The van der Waals surface area contributed by atoms with Gasteiger partial charge in [0, 0.05) is 13.3 Å². The van der Waals surface area contributed by atoms with Crippen LogP contribution < -0.4 is 16.2 Å². The van der Waals surface area contributed by atoms with Gasteiger partial charge in [0.15, 0.2) is 18.0 Å². The molecule has 0 saturated carbocycles. The quantitative estimate of drug-likeness (QED) is 0.500. The van der Waals surface area contributed by atoms with E-state index in [2.05, 4.69) is 9.97 Å². The fraction of sp³-hybridized carbons (Fsp3) is 0.409. The Labute approximate surface area is 194 Å². The number of methoxy groups -OCH3 is 1. The average Bonchev–Trinajstić information content (AvgIpc) is 3.30. The minimum atomic E-state index is -1.08. The number of nitrogens with zero attached hydrogens (tertiary/aromatic N) is 4. The topological polar surface area (TPSA) is 150 Å². The van der Waals surface area contributed by atoms with Crippen LogP contribution in [0.15, 0.2) is 35.3 Å². The van der Waals surface area contributed by atoms with Crippen molar-refractivity contribution in [3.63, 3.8) is 0 Å². The number of nitrogen functional groups attached to an aromatic ring is 1. The van der Waals surface area contributed by atoms with E-state index >= 15 is 0 Å². The van der Waals surface area contributed by atoms with Gasteiger partial charge in [-0.25, -0.2) is 14.3 Å². The van der Waals surface area contributed by atoms with Crippen molar-refractivity contribution in [2.75, 3.05) is 12.8 Å². The van der Waals surface area contributed by atoms with Crippen molar-refractivity contribution in [2.24, 2.45) is 0 Å². The maximum Gasteiger partial charge on any atom is 0.332 e. The van der Waals surface area contributed by atoms with Crippen LogP contribution in [0, 0.1) is 0 Å². The van der Waals surface area contributed by atoms with Gasteiger partial charge in [-0.3, -0.25) is 14.2 Å². The molecule has 2 N–H and O–H groups in total. The molecule has 1 aliphatic rings. The number of fused-ring (bicyclic) bond motifs is 1. The molecule has 1 aromatic carbocycles. The van der Waals surface area contributed by atoms with E-state index in [0.717, 1.165) is 5.56 Å². The molecule has 0 aliphatic carbocycles. The lowest BCUT2D eigenvalue weighted by Gasteiger charge is -2.19. The third kappa shape index (κ3) is 4.57. The lowest BCUT2D eigenvalue weighted by atomic mass is 10.2. The molecule has 34 heavy (non-hydrogen) atoms. The number of rotatable bonds is 7. The molecule has 0 amide bonds. The molecule has 3 atom stereocenters. The molecular formula is C22H25N5O7. The molecule has 180 valence electrons. The average molecular weight is 471 g/mol. The van der Waals surface area contributed by atoms with Crippen molar-refractivity contribution in [1.29, 1.82) is 0 Å². The maximum absolute atomic E-state index is 13.6. The van der Waals surface area contributed by atoms with E-state index in [1.165, 1.54) is 22.3 Å². The van der Waals surface area contributed by atoms with Crippen molar-refractivity contribution >= 4 is 29.1 Å². The molecule has 4 rings (SSSR count). The molecule has 1 aliphatic heterocycles. The van der Waals surface area contributed by atoms with E-state index in [-0.39, 0.29) is 31.0 Å². The van der Waals surface area contributed by atoms with E-state index in [4.69, 9.17) is 24.7 Å². The van der Waals surface area contributed by atoms with Crippen LogP contribution in [0.5, 0.6) is 5.75 Å². The molecule has 1 saturated heterocycles. The van der Waals surface area contributed by atoms with Crippen LogP contribution in [0.4, 0.5) is 5.95 Å². The summed E-state index contributed by atoms with van der Waals surface area (Å²) in [6, 6.07) is 7.25. The van der Waals surface area contributed by atoms with Crippen molar-refractivity contribution < 1.29 is 28.5 Å². The molecule has 3 heterocycles. The number of aromatic nitrogens is 4. The van der Waals surface area contributed by atoms with Gasteiger partial charge < -0.3 is 24.7 Å². The molecule has 0 spiro atoms. The number of anilines is 1.